The van der Waals surface area contributed by atoms with E-state index in [4.69, 9.17) is 16.1 Å². The normalized spacial score (nSPS) is 22.9. The highest BCUT2D eigenvalue weighted by molar-refractivity contribution is 6.30. The van der Waals surface area contributed by atoms with Crippen molar-refractivity contribution in [3.8, 4) is 0 Å². The molecule has 4 nitrogen and oxygen atoms in total. The number of H-pyrrole nitrogens is 1. The molecule has 0 spiro atoms. The van der Waals surface area contributed by atoms with Gasteiger partial charge >= 0.3 is 0 Å². The second kappa shape index (κ2) is 5.42. The van der Waals surface area contributed by atoms with Gasteiger partial charge in [-0.25, -0.2) is 4.39 Å². The van der Waals surface area contributed by atoms with E-state index in [2.05, 4.69) is 10.5 Å². The van der Waals surface area contributed by atoms with Gasteiger partial charge in [0.25, 0.3) is 5.56 Å². The van der Waals surface area contributed by atoms with E-state index in [1.165, 1.54) is 12.1 Å². The number of halogens is 2. The summed E-state index contributed by atoms with van der Waals surface area (Å²) in [6.45, 7) is 0.742. The van der Waals surface area contributed by atoms with Crippen LogP contribution in [-0.4, -0.2) is 11.7 Å². The lowest BCUT2D eigenvalue weighted by Gasteiger charge is -2.29. The maximum Gasteiger partial charge on any atom is 0.280 e. The Hall–Kier alpha value is -1.59. The summed E-state index contributed by atoms with van der Waals surface area (Å²) in [6, 6.07) is 6.06. The highest BCUT2D eigenvalue weighted by Crippen LogP contribution is 2.34. The van der Waals surface area contributed by atoms with Gasteiger partial charge in [-0.2, -0.15) is 5.16 Å². The van der Waals surface area contributed by atoms with E-state index in [1.807, 2.05) is 0 Å². The number of hydrogen-bond donors (Lipinski definition) is 2. The molecule has 6 heteroatoms. The molecule has 0 aliphatic carbocycles. The zero-order valence-corrected chi connectivity index (χ0v) is 11.4. The standard InChI is InChI=1S/C14H14ClFN2O2/c15-9-1-2-10(11(16)6-9)12-5-8(3-4-17-12)13-7-14(19)18-20-13/h1-2,6-8,12,17H,3-5H2,(H,18,19)/t8-,12+/m0/s1. The summed E-state index contributed by atoms with van der Waals surface area (Å²) in [6.07, 6.45) is 1.53. The second-order valence-corrected chi connectivity index (χ2v) is 5.45. The van der Waals surface area contributed by atoms with Gasteiger partial charge in [0.05, 0.1) is 0 Å². The zero-order valence-electron chi connectivity index (χ0n) is 10.7. The Morgan fingerprint density at radius 3 is 2.90 bits per heavy atom. The van der Waals surface area contributed by atoms with Crippen molar-refractivity contribution in [1.29, 1.82) is 0 Å². The van der Waals surface area contributed by atoms with Crippen molar-refractivity contribution in [2.75, 3.05) is 6.54 Å². The molecule has 1 aromatic carbocycles. The molecule has 0 amide bonds. The van der Waals surface area contributed by atoms with Gasteiger partial charge < -0.3 is 9.84 Å². The van der Waals surface area contributed by atoms with Crippen LogP contribution < -0.4 is 10.9 Å². The molecule has 0 saturated carbocycles. The molecular weight excluding hydrogens is 283 g/mol. The number of aromatic nitrogens is 1. The third-order valence-electron chi connectivity index (χ3n) is 3.69. The summed E-state index contributed by atoms with van der Waals surface area (Å²) in [5, 5.41) is 5.97. The van der Waals surface area contributed by atoms with E-state index >= 15 is 0 Å². The number of nitrogens with one attached hydrogen (secondary N) is 2. The predicted octanol–water partition coefficient (Wildman–Crippen LogP) is 2.97. The average Bonchev–Trinajstić information content (AvgIpc) is 2.86. The van der Waals surface area contributed by atoms with Crippen molar-refractivity contribution in [1.82, 2.24) is 10.5 Å². The van der Waals surface area contributed by atoms with Crippen LogP contribution in [0.15, 0.2) is 33.6 Å². The molecule has 1 saturated heterocycles. The Morgan fingerprint density at radius 1 is 1.35 bits per heavy atom. The van der Waals surface area contributed by atoms with Crippen molar-refractivity contribution in [2.24, 2.45) is 0 Å². The molecule has 106 valence electrons. The van der Waals surface area contributed by atoms with Crippen LogP contribution in [0.25, 0.3) is 0 Å². The minimum Gasteiger partial charge on any atom is -0.383 e. The van der Waals surface area contributed by atoms with Crippen molar-refractivity contribution in [3.05, 3.63) is 56.8 Å². The van der Waals surface area contributed by atoms with Gasteiger partial charge in [0, 0.05) is 28.6 Å². The van der Waals surface area contributed by atoms with Crippen molar-refractivity contribution in [3.63, 3.8) is 0 Å². The van der Waals surface area contributed by atoms with Gasteiger partial charge in [0.2, 0.25) is 0 Å². The van der Waals surface area contributed by atoms with Crippen LogP contribution in [0.1, 0.15) is 36.1 Å². The van der Waals surface area contributed by atoms with Crippen molar-refractivity contribution >= 4 is 11.6 Å². The highest BCUT2D eigenvalue weighted by Gasteiger charge is 2.27. The summed E-state index contributed by atoms with van der Waals surface area (Å²) in [4.78, 5) is 11.1. The van der Waals surface area contributed by atoms with Crippen LogP contribution in [-0.2, 0) is 0 Å². The topological polar surface area (TPSA) is 58.0 Å². The summed E-state index contributed by atoms with van der Waals surface area (Å²) >= 11 is 5.77. The first-order valence-electron chi connectivity index (χ1n) is 6.50. The molecule has 1 aromatic heterocycles. The monoisotopic (exact) mass is 296 g/mol. The molecule has 1 fully saturated rings. The molecule has 2 N–H and O–H groups in total. The fourth-order valence-electron chi connectivity index (χ4n) is 2.70. The Bertz CT molecular complexity index is 667. The van der Waals surface area contributed by atoms with Crippen molar-refractivity contribution < 1.29 is 8.91 Å². The maximum atomic E-state index is 14.0. The van der Waals surface area contributed by atoms with E-state index in [0.29, 0.717) is 22.8 Å². The molecule has 0 unspecified atom stereocenters. The smallest absolute Gasteiger partial charge is 0.280 e. The maximum absolute atomic E-state index is 14.0. The van der Waals surface area contributed by atoms with Gasteiger partial charge in [0.15, 0.2) is 0 Å². The largest absolute Gasteiger partial charge is 0.383 e. The summed E-state index contributed by atoms with van der Waals surface area (Å²) in [5.74, 6) is 0.428. The number of aromatic amines is 1. The average molecular weight is 297 g/mol. The molecule has 0 radical (unpaired) electrons. The number of benzene rings is 1. The number of hydrogen-bond acceptors (Lipinski definition) is 3. The second-order valence-electron chi connectivity index (χ2n) is 5.01. The van der Waals surface area contributed by atoms with Gasteiger partial charge in [-0.15, -0.1) is 0 Å². The first-order valence-corrected chi connectivity index (χ1v) is 6.88. The van der Waals surface area contributed by atoms with E-state index < -0.39 is 0 Å². The molecule has 2 heterocycles. The number of rotatable bonds is 2. The molecular formula is C14H14ClFN2O2. The SMILES string of the molecule is O=c1cc([C@H]2CCN[C@@H](c3ccc(Cl)cc3F)C2)o[nH]1. The molecule has 1 aliphatic heterocycles. The fraction of sp³-hybridized carbons (Fsp3) is 0.357. The quantitative estimate of drug-likeness (QED) is 0.896. The van der Waals surface area contributed by atoms with Gasteiger partial charge in [-0.05, 0) is 31.5 Å². The third kappa shape index (κ3) is 2.64. The Balaban J connectivity index is 1.83. The van der Waals surface area contributed by atoms with Crippen molar-refractivity contribution in [2.45, 2.75) is 24.8 Å². The molecule has 1 aliphatic rings. The summed E-state index contributed by atoms with van der Waals surface area (Å²) in [7, 11) is 0. The lowest BCUT2D eigenvalue weighted by molar-refractivity contribution is 0.292. The van der Waals surface area contributed by atoms with Gasteiger partial charge in [-0.3, -0.25) is 4.79 Å². The van der Waals surface area contributed by atoms with Crippen LogP contribution in [0.5, 0.6) is 0 Å². The predicted molar refractivity (Wildman–Crippen MR) is 73.5 cm³/mol. The lowest BCUT2D eigenvalue weighted by Crippen LogP contribution is -2.31. The van der Waals surface area contributed by atoms with Crippen LogP contribution in [0.4, 0.5) is 4.39 Å². The summed E-state index contributed by atoms with van der Waals surface area (Å²) in [5.41, 5.74) is 0.352. The first-order chi connectivity index (χ1) is 9.63. The minimum atomic E-state index is -0.314. The van der Waals surface area contributed by atoms with Crippen LogP contribution in [0, 0.1) is 5.82 Å². The molecule has 20 heavy (non-hydrogen) atoms. The summed E-state index contributed by atoms with van der Waals surface area (Å²) < 4.78 is 19.1. The Labute approximate surface area is 119 Å². The van der Waals surface area contributed by atoms with E-state index in [-0.39, 0.29) is 23.3 Å². The van der Waals surface area contributed by atoms with Gasteiger partial charge in [0.1, 0.15) is 11.6 Å². The highest BCUT2D eigenvalue weighted by atomic mass is 35.5. The fourth-order valence-corrected chi connectivity index (χ4v) is 2.85. The minimum absolute atomic E-state index is 0.105. The van der Waals surface area contributed by atoms with Crippen LogP contribution in [0.3, 0.4) is 0 Å². The first kappa shape index (κ1) is 13.4. The van der Waals surface area contributed by atoms with Gasteiger partial charge in [-0.1, -0.05) is 17.7 Å². The zero-order chi connectivity index (χ0) is 14.1. The molecule has 2 atom stereocenters. The Morgan fingerprint density at radius 2 is 2.20 bits per heavy atom. The van der Waals surface area contributed by atoms with E-state index in [1.54, 1.807) is 12.1 Å². The third-order valence-corrected chi connectivity index (χ3v) is 3.92. The van der Waals surface area contributed by atoms with E-state index in [0.717, 1.165) is 13.0 Å². The Kier molecular flexibility index (Phi) is 3.63. The van der Waals surface area contributed by atoms with E-state index in [9.17, 15) is 9.18 Å². The van der Waals surface area contributed by atoms with Crippen LogP contribution >= 0.6 is 11.6 Å². The molecule has 2 aromatic rings. The number of piperidine rings is 1. The molecule has 3 rings (SSSR count). The lowest BCUT2D eigenvalue weighted by atomic mass is 9.87. The van der Waals surface area contributed by atoms with Crippen LogP contribution in [0.2, 0.25) is 5.02 Å². The molecule has 0 bridgehead atoms.